The van der Waals surface area contributed by atoms with E-state index in [0.717, 1.165) is 18.4 Å². The van der Waals surface area contributed by atoms with Crippen molar-refractivity contribution < 1.29 is 13.2 Å². The molecule has 2 fully saturated rings. The van der Waals surface area contributed by atoms with Gasteiger partial charge in [-0.3, -0.25) is 9.78 Å². The molecule has 1 saturated carbocycles. The summed E-state index contributed by atoms with van der Waals surface area (Å²) in [5.41, 5.74) is 1.63. The summed E-state index contributed by atoms with van der Waals surface area (Å²) in [4.78, 5) is 18.4. The number of sulfonamides is 1. The summed E-state index contributed by atoms with van der Waals surface area (Å²) in [5, 5.41) is -0.567. The van der Waals surface area contributed by atoms with Crippen LogP contribution in [-0.4, -0.2) is 49.1 Å². The highest BCUT2D eigenvalue weighted by molar-refractivity contribution is 7.90. The van der Waals surface area contributed by atoms with Gasteiger partial charge in [-0.15, -0.1) is 0 Å². The minimum Gasteiger partial charge on any atom is -0.337 e. The molecule has 1 amide bonds. The van der Waals surface area contributed by atoms with E-state index in [0.29, 0.717) is 31.5 Å². The number of benzene rings is 1. The highest BCUT2D eigenvalue weighted by Gasteiger charge is 2.45. The number of hydrogen-bond donors (Lipinski definition) is 1. The van der Waals surface area contributed by atoms with Gasteiger partial charge in [0.2, 0.25) is 10.0 Å². The highest BCUT2D eigenvalue weighted by Crippen LogP contribution is 2.47. The van der Waals surface area contributed by atoms with Crippen LogP contribution in [0.1, 0.15) is 41.6 Å². The number of likely N-dealkylation sites (tertiary alicyclic amines) is 1. The highest BCUT2D eigenvalue weighted by atomic mass is 32.2. The molecule has 2 aromatic rings. The molecule has 28 heavy (non-hydrogen) atoms. The number of pyridine rings is 1. The third-order valence-electron chi connectivity index (χ3n) is 5.88. The maximum atomic E-state index is 12.9. The Hall–Kier alpha value is -2.25. The number of nitrogens with zero attached hydrogens (tertiary/aromatic N) is 2. The second-order valence-corrected chi connectivity index (χ2v) is 9.81. The number of carbonyl (C=O) groups is 1. The van der Waals surface area contributed by atoms with E-state index in [9.17, 15) is 13.2 Å². The lowest BCUT2D eigenvalue weighted by Gasteiger charge is -2.33. The van der Waals surface area contributed by atoms with E-state index in [4.69, 9.17) is 0 Å². The second kappa shape index (κ2) is 7.64. The Morgan fingerprint density at radius 3 is 2.54 bits per heavy atom. The molecule has 2 aliphatic rings. The van der Waals surface area contributed by atoms with Gasteiger partial charge < -0.3 is 4.90 Å². The molecule has 148 valence electrons. The maximum Gasteiger partial charge on any atom is 0.253 e. The average molecular weight is 400 g/mol. The molecule has 6 nitrogen and oxygen atoms in total. The Morgan fingerprint density at radius 2 is 1.86 bits per heavy atom. The summed E-state index contributed by atoms with van der Waals surface area (Å²) in [6.07, 6.45) is 6.72. The fourth-order valence-corrected chi connectivity index (χ4v) is 5.49. The van der Waals surface area contributed by atoms with Gasteiger partial charge in [0.25, 0.3) is 5.91 Å². The van der Waals surface area contributed by atoms with Gasteiger partial charge in [0.1, 0.15) is 0 Å². The summed E-state index contributed by atoms with van der Waals surface area (Å²) in [7, 11) is -3.49. The van der Waals surface area contributed by atoms with Gasteiger partial charge >= 0.3 is 0 Å². The van der Waals surface area contributed by atoms with Crippen LogP contribution in [-0.2, 0) is 15.4 Å². The first-order valence-corrected chi connectivity index (χ1v) is 11.3. The van der Waals surface area contributed by atoms with Crippen LogP contribution in [0, 0.1) is 0 Å². The summed E-state index contributed by atoms with van der Waals surface area (Å²) < 4.78 is 28.7. The largest absolute Gasteiger partial charge is 0.337 e. The van der Waals surface area contributed by atoms with E-state index >= 15 is 0 Å². The zero-order valence-corrected chi connectivity index (χ0v) is 16.6. The van der Waals surface area contributed by atoms with Crippen molar-refractivity contribution in [3.05, 3.63) is 66.0 Å². The molecule has 1 N–H and O–H groups in total. The van der Waals surface area contributed by atoms with E-state index in [2.05, 4.69) is 9.71 Å². The second-order valence-electron chi connectivity index (χ2n) is 7.76. The molecule has 1 aliphatic carbocycles. The van der Waals surface area contributed by atoms with Crippen LogP contribution >= 0.6 is 0 Å². The van der Waals surface area contributed by atoms with Crippen molar-refractivity contribution >= 4 is 15.9 Å². The van der Waals surface area contributed by atoms with E-state index in [1.165, 1.54) is 0 Å². The number of nitrogens with one attached hydrogen (secondary N) is 1. The first-order valence-electron chi connectivity index (χ1n) is 9.74. The smallest absolute Gasteiger partial charge is 0.253 e. The van der Waals surface area contributed by atoms with E-state index in [1.807, 2.05) is 30.3 Å². The molecule has 0 radical (unpaired) electrons. The van der Waals surface area contributed by atoms with Gasteiger partial charge in [0.15, 0.2) is 0 Å². The zero-order chi connectivity index (χ0) is 19.6. The van der Waals surface area contributed by atoms with Gasteiger partial charge in [-0.25, -0.2) is 13.1 Å². The molecule has 1 aliphatic heterocycles. The van der Waals surface area contributed by atoms with E-state index in [1.54, 1.807) is 29.4 Å². The number of amides is 1. The van der Waals surface area contributed by atoms with Gasteiger partial charge in [-0.05, 0) is 55.5 Å². The van der Waals surface area contributed by atoms with Crippen LogP contribution in [0.3, 0.4) is 0 Å². The molecular weight excluding hydrogens is 374 g/mol. The number of hydrogen-bond acceptors (Lipinski definition) is 4. The first-order chi connectivity index (χ1) is 13.5. The number of carbonyl (C=O) groups excluding carboxylic acids is 1. The molecule has 1 unspecified atom stereocenters. The summed E-state index contributed by atoms with van der Waals surface area (Å²) in [6.45, 7) is 1.24. The first kappa shape index (κ1) is 19.1. The summed E-state index contributed by atoms with van der Waals surface area (Å²) in [6, 6.07) is 13.0. The predicted octanol–water partition coefficient (Wildman–Crippen LogP) is 2.34. The van der Waals surface area contributed by atoms with Crippen molar-refractivity contribution in [3.63, 3.8) is 0 Å². The molecule has 1 aromatic carbocycles. The molecule has 1 atom stereocenters. The minimum absolute atomic E-state index is 0.101. The Kier molecular flexibility index (Phi) is 5.21. The number of rotatable bonds is 6. The van der Waals surface area contributed by atoms with Gasteiger partial charge in [0.05, 0.1) is 5.25 Å². The van der Waals surface area contributed by atoms with Crippen molar-refractivity contribution in [1.82, 2.24) is 14.6 Å². The van der Waals surface area contributed by atoms with E-state index in [-0.39, 0.29) is 17.9 Å². The molecular formula is C21H25N3O3S. The van der Waals surface area contributed by atoms with Gasteiger partial charge in [0, 0.05) is 43.0 Å². The predicted molar refractivity (Wildman–Crippen MR) is 107 cm³/mol. The summed E-state index contributed by atoms with van der Waals surface area (Å²) >= 11 is 0. The Balaban J connectivity index is 1.41. The Morgan fingerprint density at radius 1 is 1.14 bits per heavy atom. The van der Waals surface area contributed by atoms with E-state index < -0.39 is 15.3 Å². The molecule has 7 heteroatoms. The third kappa shape index (κ3) is 3.95. The molecule has 0 bridgehead atoms. The topological polar surface area (TPSA) is 79.4 Å². The lowest BCUT2D eigenvalue weighted by molar-refractivity contribution is 0.0726. The van der Waals surface area contributed by atoms with Crippen LogP contribution in [0.5, 0.6) is 0 Å². The summed E-state index contributed by atoms with van der Waals surface area (Å²) in [5.74, 6) is -0.101. The lowest BCUT2D eigenvalue weighted by Crippen LogP contribution is -2.49. The van der Waals surface area contributed by atoms with Crippen molar-refractivity contribution in [2.24, 2.45) is 0 Å². The van der Waals surface area contributed by atoms with Crippen LogP contribution in [0.15, 0.2) is 54.9 Å². The van der Waals surface area contributed by atoms with Gasteiger partial charge in [-0.2, -0.15) is 0 Å². The molecule has 0 spiro atoms. The lowest BCUT2D eigenvalue weighted by atomic mass is 9.98. The van der Waals surface area contributed by atoms with Crippen LogP contribution in [0.4, 0.5) is 0 Å². The molecule has 2 heterocycles. The van der Waals surface area contributed by atoms with Crippen molar-refractivity contribution in [2.75, 3.05) is 19.6 Å². The van der Waals surface area contributed by atoms with Gasteiger partial charge in [-0.1, -0.05) is 18.2 Å². The monoisotopic (exact) mass is 399 g/mol. The average Bonchev–Trinajstić information content (AvgIpc) is 3.55. The quantitative estimate of drug-likeness (QED) is 0.809. The van der Waals surface area contributed by atoms with Crippen LogP contribution in [0.2, 0.25) is 0 Å². The zero-order valence-electron chi connectivity index (χ0n) is 15.8. The molecule has 4 rings (SSSR count). The van der Waals surface area contributed by atoms with Crippen molar-refractivity contribution in [1.29, 1.82) is 0 Å². The Bertz CT molecular complexity index is 928. The van der Waals surface area contributed by atoms with Crippen molar-refractivity contribution in [2.45, 2.75) is 36.3 Å². The Labute approximate surface area is 166 Å². The normalized spacial score (nSPS) is 21.3. The van der Waals surface area contributed by atoms with Crippen LogP contribution < -0.4 is 4.72 Å². The number of piperidine rings is 1. The fraction of sp³-hybridized carbons (Fsp3) is 0.429. The standard InChI is InChI=1S/C21H25N3O3S/c25-20(17-5-2-1-3-6-17)24-14-4-7-19(15-24)28(26,27)23-16-21(10-11-21)18-8-12-22-13-9-18/h1-3,5-6,8-9,12-13,19,23H,4,7,10-11,14-16H2. The third-order valence-corrected chi connectivity index (χ3v) is 7.69. The SMILES string of the molecule is O=C(c1ccccc1)N1CCCC(S(=O)(=O)NCC2(c3ccncc3)CC2)C1. The van der Waals surface area contributed by atoms with Crippen molar-refractivity contribution in [3.8, 4) is 0 Å². The maximum absolute atomic E-state index is 12.9. The van der Waals surface area contributed by atoms with Crippen LogP contribution in [0.25, 0.3) is 0 Å². The molecule has 1 aromatic heterocycles. The minimum atomic E-state index is -3.49. The fourth-order valence-electron chi connectivity index (χ4n) is 3.92. The molecule has 1 saturated heterocycles. The number of aromatic nitrogens is 1.